The molecule has 29 heavy (non-hydrogen) atoms. The Hall–Kier alpha value is -2.56. The number of hydrogen-bond acceptors (Lipinski definition) is 8. The zero-order valence-electron chi connectivity index (χ0n) is 17.1. The predicted molar refractivity (Wildman–Crippen MR) is 105 cm³/mol. The Morgan fingerprint density at radius 1 is 1.03 bits per heavy atom. The SMILES string of the molecule is COc1cc(CNCCCN2CCOCC2)cc(OC)c1OC.O=C(O)C(=O)O. The lowest BCUT2D eigenvalue weighted by molar-refractivity contribution is -0.159. The van der Waals surface area contributed by atoms with Gasteiger partial charge < -0.3 is 34.5 Å². The Morgan fingerprint density at radius 3 is 2.03 bits per heavy atom. The van der Waals surface area contributed by atoms with Crippen molar-refractivity contribution < 1.29 is 38.7 Å². The van der Waals surface area contributed by atoms with Crippen molar-refractivity contribution in [2.24, 2.45) is 0 Å². The van der Waals surface area contributed by atoms with Crippen molar-refractivity contribution in [1.29, 1.82) is 0 Å². The van der Waals surface area contributed by atoms with Crippen LogP contribution in [0.15, 0.2) is 12.1 Å². The molecule has 2 rings (SSSR count). The molecule has 3 N–H and O–H groups in total. The number of carboxylic acids is 2. The summed E-state index contributed by atoms with van der Waals surface area (Å²) in [5.74, 6) is -1.63. The molecule has 1 aromatic carbocycles. The lowest BCUT2D eigenvalue weighted by atomic mass is 10.1. The number of methoxy groups -OCH3 is 3. The summed E-state index contributed by atoms with van der Waals surface area (Å²) in [5.41, 5.74) is 1.12. The van der Waals surface area contributed by atoms with Gasteiger partial charge in [-0.25, -0.2) is 9.59 Å². The van der Waals surface area contributed by atoms with Crippen LogP contribution in [0.2, 0.25) is 0 Å². The first kappa shape index (κ1) is 24.5. The molecule has 1 heterocycles. The molecule has 0 unspecified atom stereocenters. The van der Waals surface area contributed by atoms with Gasteiger partial charge in [0.25, 0.3) is 0 Å². The maximum Gasteiger partial charge on any atom is 0.414 e. The number of nitrogens with zero attached hydrogens (tertiary/aromatic N) is 1. The highest BCUT2D eigenvalue weighted by atomic mass is 16.5. The maximum absolute atomic E-state index is 9.10. The van der Waals surface area contributed by atoms with E-state index in [9.17, 15) is 0 Å². The Kier molecular flexibility index (Phi) is 11.5. The van der Waals surface area contributed by atoms with Crippen molar-refractivity contribution >= 4 is 11.9 Å². The molecule has 1 aliphatic heterocycles. The Morgan fingerprint density at radius 2 is 1.59 bits per heavy atom. The number of carboxylic acid groups (broad SMARTS) is 2. The van der Waals surface area contributed by atoms with E-state index in [1.54, 1.807) is 21.3 Å². The molecular weight excluding hydrogens is 384 g/mol. The van der Waals surface area contributed by atoms with Crippen LogP contribution in [0.5, 0.6) is 17.2 Å². The lowest BCUT2D eigenvalue weighted by Crippen LogP contribution is -2.37. The zero-order valence-corrected chi connectivity index (χ0v) is 17.1. The molecule has 0 aliphatic carbocycles. The summed E-state index contributed by atoms with van der Waals surface area (Å²) in [6.45, 7) is 6.69. The highest BCUT2D eigenvalue weighted by Crippen LogP contribution is 2.38. The summed E-state index contributed by atoms with van der Waals surface area (Å²) in [6.07, 6.45) is 1.13. The Bertz CT molecular complexity index is 610. The van der Waals surface area contributed by atoms with Gasteiger partial charge in [-0.3, -0.25) is 4.90 Å². The number of aliphatic carboxylic acids is 2. The van der Waals surface area contributed by atoms with Crippen LogP contribution >= 0.6 is 0 Å². The van der Waals surface area contributed by atoms with E-state index in [2.05, 4.69) is 10.2 Å². The second-order valence-electron chi connectivity index (χ2n) is 6.13. The molecule has 1 fully saturated rings. The van der Waals surface area contributed by atoms with Gasteiger partial charge in [0.2, 0.25) is 5.75 Å². The predicted octanol–water partition coefficient (Wildman–Crippen LogP) is 0.680. The highest BCUT2D eigenvalue weighted by molar-refractivity contribution is 6.27. The van der Waals surface area contributed by atoms with Crippen LogP contribution in [0.25, 0.3) is 0 Å². The largest absolute Gasteiger partial charge is 0.493 e. The molecular formula is C19H30N2O8. The van der Waals surface area contributed by atoms with Gasteiger partial charge in [-0.05, 0) is 37.2 Å². The van der Waals surface area contributed by atoms with Crippen molar-refractivity contribution in [3.05, 3.63) is 17.7 Å². The number of carbonyl (C=O) groups is 2. The van der Waals surface area contributed by atoms with Crippen LogP contribution in [0.4, 0.5) is 0 Å². The van der Waals surface area contributed by atoms with Gasteiger partial charge in [0.15, 0.2) is 11.5 Å². The van der Waals surface area contributed by atoms with Crippen molar-refractivity contribution in [3.63, 3.8) is 0 Å². The highest BCUT2D eigenvalue weighted by Gasteiger charge is 2.13. The van der Waals surface area contributed by atoms with Crippen LogP contribution in [-0.4, -0.2) is 87.8 Å². The molecule has 0 amide bonds. The van der Waals surface area contributed by atoms with Crippen molar-refractivity contribution in [2.45, 2.75) is 13.0 Å². The van der Waals surface area contributed by atoms with E-state index in [4.69, 9.17) is 38.7 Å². The van der Waals surface area contributed by atoms with Gasteiger partial charge in [-0.2, -0.15) is 0 Å². The standard InChI is InChI=1S/C17H28N2O4.C2H2O4/c1-20-15-11-14(12-16(21-2)17(15)22-3)13-18-5-4-6-19-7-9-23-10-8-19;3-1(4)2(5)6/h11-12,18H,4-10,13H2,1-3H3;(H,3,4)(H,5,6). The molecule has 1 aliphatic rings. The molecule has 0 bridgehead atoms. The third kappa shape index (κ3) is 8.99. The summed E-state index contributed by atoms with van der Waals surface area (Å²) < 4.78 is 21.4. The van der Waals surface area contributed by atoms with E-state index in [0.29, 0.717) is 17.2 Å². The fraction of sp³-hybridized carbons (Fsp3) is 0.579. The van der Waals surface area contributed by atoms with Gasteiger partial charge in [-0.1, -0.05) is 0 Å². The fourth-order valence-corrected chi connectivity index (χ4v) is 2.72. The van der Waals surface area contributed by atoms with E-state index in [1.807, 2.05) is 12.1 Å². The molecule has 0 aromatic heterocycles. The summed E-state index contributed by atoms with van der Waals surface area (Å²) in [7, 11) is 4.89. The zero-order chi connectivity index (χ0) is 21.6. The van der Waals surface area contributed by atoms with E-state index < -0.39 is 11.9 Å². The number of rotatable bonds is 9. The third-order valence-corrected chi connectivity index (χ3v) is 4.17. The van der Waals surface area contributed by atoms with Gasteiger partial charge in [0.05, 0.1) is 34.5 Å². The molecule has 10 nitrogen and oxygen atoms in total. The molecule has 0 atom stereocenters. The summed E-state index contributed by atoms with van der Waals surface area (Å²) in [6, 6.07) is 3.96. The molecule has 0 spiro atoms. The van der Waals surface area contributed by atoms with E-state index in [-0.39, 0.29) is 0 Å². The maximum atomic E-state index is 9.10. The van der Waals surface area contributed by atoms with Crippen LogP contribution in [0.3, 0.4) is 0 Å². The number of benzene rings is 1. The van der Waals surface area contributed by atoms with E-state index in [1.165, 1.54) is 0 Å². The first-order valence-electron chi connectivity index (χ1n) is 9.18. The third-order valence-electron chi connectivity index (χ3n) is 4.17. The van der Waals surface area contributed by atoms with Crippen molar-refractivity contribution in [3.8, 4) is 17.2 Å². The molecule has 1 aromatic rings. The Labute approximate surface area is 170 Å². The molecule has 10 heteroatoms. The molecule has 0 radical (unpaired) electrons. The normalized spacial score (nSPS) is 13.8. The Balaban J connectivity index is 0.000000612. The smallest absolute Gasteiger partial charge is 0.414 e. The summed E-state index contributed by atoms with van der Waals surface area (Å²) in [5, 5.41) is 18.3. The van der Waals surface area contributed by atoms with Gasteiger partial charge in [0.1, 0.15) is 0 Å². The second kappa shape index (κ2) is 13.6. The first-order chi connectivity index (χ1) is 13.9. The van der Waals surface area contributed by atoms with Crippen molar-refractivity contribution in [2.75, 3.05) is 60.7 Å². The van der Waals surface area contributed by atoms with Gasteiger partial charge in [-0.15, -0.1) is 0 Å². The minimum atomic E-state index is -1.82. The van der Waals surface area contributed by atoms with Gasteiger partial charge >= 0.3 is 11.9 Å². The van der Waals surface area contributed by atoms with Crippen LogP contribution in [-0.2, 0) is 20.9 Å². The number of nitrogens with one attached hydrogen (secondary N) is 1. The average Bonchev–Trinajstić information content (AvgIpc) is 2.73. The minimum absolute atomic E-state index is 0.631. The van der Waals surface area contributed by atoms with Crippen LogP contribution in [0.1, 0.15) is 12.0 Å². The average molecular weight is 414 g/mol. The first-order valence-corrected chi connectivity index (χ1v) is 9.18. The van der Waals surface area contributed by atoms with Crippen LogP contribution < -0.4 is 19.5 Å². The van der Waals surface area contributed by atoms with Gasteiger partial charge in [0, 0.05) is 19.6 Å². The summed E-state index contributed by atoms with van der Waals surface area (Å²) >= 11 is 0. The lowest BCUT2D eigenvalue weighted by Gasteiger charge is -2.26. The van der Waals surface area contributed by atoms with E-state index in [0.717, 1.165) is 57.9 Å². The quantitative estimate of drug-likeness (QED) is 0.392. The molecule has 1 saturated heterocycles. The second-order valence-corrected chi connectivity index (χ2v) is 6.13. The number of ether oxygens (including phenoxy) is 4. The summed E-state index contributed by atoms with van der Waals surface area (Å²) in [4.78, 5) is 20.6. The minimum Gasteiger partial charge on any atom is -0.493 e. The topological polar surface area (TPSA) is 127 Å². The monoisotopic (exact) mass is 414 g/mol. The molecule has 164 valence electrons. The van der Waals surface area contributed by atoms with E-state index >= 15 is 0 Å². The fourth-order valence-electron chi connectivity index (χ4n) is 2.72. The van der Waals surface area contributed by atoms with Crippen LogP contribution in [0, 0.1) is 0 Å². The number of morpholine rings is 1. The number of hydrogen-bond donors (Lipinski definition) is 3. The van der Waals surface area contributed by atoms with Crippen molar-refractivity contribution in [1.82, 2.24) is 10.2 Å². The molecule has 0 saturated carbocycles.